The topological polar surface area (TPSA) is 79.8 Å². The molecule has 0 aliphatic carbocycles. The van der Waals surface area contributed by atoms with E-state index in [9.17, 15) is 9.59 Å². The largest absolute Gasteiger partial charge is 0.353 e. The minimum atomic E-state index is -0.187. The highest BCUT2D eigenvalue weighted by molar-refractivity contribution is 9.10. The monoisotopic (exact) mass is 482 g/mol. The number of rotatable bonds is 5. The van der Waals surface area contributed by atoms with E-state index in [1.807, 2.05) is 68.4 Å². The Bertz CT molecular complexity index is 1280. The number of nitrogens with zero attached hydrogens (tertiary/aromatic N) is 2. The van der Waals surface area contributed by atoms with E-state index < -0.39 is 0 Å². The van der Waals surface area contributed by atoms with Crippen molar-refractivity contribution in [3.63, 3.8) is 0 Å². The van der Waals surface area contributed by atoms with Crippen LogP contribution in [0.2, 0.25) is 0 Å². The Labute approximate surface area is 185 Å². The molecule has 4 rings (SSSR count). The van der Waals surface area contributed by atoms with Crippen molar-refractivity contribution >= 4 is 50.3 Å². The summed E-state index contributed by atoms with van der Waals surface area (Å²) < 4.78 is 2.49. The second-order valence-electron chi connectivity index (χ2n) is 6.93. The fourth-order valence-electron chi connectivity index (χ4n) is 3.06. The highest BCUT2D eigenvalue weighted by Crippen LogP contribution is 2.22. The van der Waals surface area contributed by atoms with Gasteiger partial charge in [-0.15, -0.1) is 0 Å². The Morgan fingerprint density at radius 2 is 1.83 bits per heavy atom. The van der Waals surface area contributed by atoms with Crippen molar-refractivity contribution in [1.29, 1.82) is 0 Å². The van der Waals surface area contributed by atoms with Crippen LogP contribution in [-0.2, 0) is 4.79 Å². The van der Waals surface area contributed by atoms with Crippen LogP contribution in [0, 0.1) is 13.8 Å². The summed E-state index contributed by atoms with van der Waals surface area (Å²) in [6.45, 7) is 3.88. The smallest absolute Gasteiger partial charge is 0.283 e. The fraction of sp³-hybridized carbons (Fsp3) is 0.136. The van der Waals surface area contributed by atoms with E-state index in [0.717, 1.165) is 15.7 Å². The third-order valence-electron chi connectivity index (χ3n) is 4.51. The number of carbonyl (C=O) groups is 1. The molecular weight excluding hydrogens is 464 g/mol. The lowest BCUT2D eigenvalue weighted by Crippen LogP contribution is -2.23. The van der Waals surface area contributed by atoms with Crippen molar-refractivity contribution < 1.29 is 4.79 Å². The normalized spacial score (nSPS) is 11.0. The third kappa shape index (κ3) is 4.34. The molecule has 0 unspecified atom stereocenters. The number of H-pyrrole nitrogens is 1. The standard InChI is InChI=1S/C22H19BrN4O2S/c1-13-3-9-17(10-4-13)27-21(29)20-18(11-14(2)24-20)26-22(27)30-12-19(28)25-16-7-5-15(23)6-8-16/h3-11,24H,12H2,1-2H3,(H,25,28). The number of nitrogens with one attached hydrogen (secondary N) is 2. The zero-order valence-electron chi connectivity index (χ0n) is 16.4. The number of hydrogen-bond donors (Lipinski definition) is 2. The third-order valence-corrected chi connectivity index (χ3v) is 5.98. The Morgan fingerprint density at radius 3 is 2.53 bits per heavy atom. The SMILES string of the molecule is Cc1ccc(-n2c(SCC(=O)Nc3ccc(Br)cc3)nc3cc(C)[nH]c3c2=O)cc1. The van der Waals surface area contributed by atoms with Crippen molar-refractivity contribution in [2.75, 3.05) is 11.1 Å². The number of carbonyl (C=O) groups excluding carboxylic acids is 1. The molecule has 2 heterocycles. The number of thioether (sulfide) groups is 1. The zero-order valence-corrected chi connectivity index (χ0v) is 18.8. The van der Waals surface area contributed by atoms with Crippen LogP contribution in [0.4, 0.5) is 5.69 Å². The zero-order chi connectivity index (χ0) is 21.3. The van der Waals surface area contributed by atoms with Crippen LogP contribution in [0.15, 0.2) is 69.0 Å². The van der Waals surface area contributed by atoms with Crippen molar-refractivity contribution in [2.24, 2.45) is 0 Å². The highest BCUT2D eigenvalue weighted by atomic mass is 79.9. The summed E-state index contributed by atoms with van der Waals surface area (Å²) in [5.41, 5.74) is 4.24. The summed E-state index contributed by atoms with van der Waals surface area (Å²) in [5, 5.41) is 3.33. The summed E-state index contributed by atoms with van der Waals surface area (Å²) in [6.07, 6.45) is 0. The van der Waals surface area contributed by atoms with E-state index >= 15 is 0 Å². The predicted molar refractivity (Wildman–Crippen MR) is 125 cm³/mol. The fourth-order valence-corrected chi connectivity index (χ4v) is 4.13. The molecule has 0 aliphatic rings. The van der Waals surface area contributed by atoms with Gasteiger partial charge in [-0.1, -0.05) is 45.4 Å². The van der Waals surface area contributed by atoms with Crippen LogP contribution in [0.25, 0.3) is 16.7 Å². The number of hydrogen-bond acceptors (Lipinski definition) is 4. The lowest BCUT2D eigenvalue weighted by Gasteiger charge is -2.12. The van der Waals surface area contributed by atoms with E-state index in [2.05, 4.69) is 31.2 Å². The Morgan fingerprint density at radius 1 is 1.13 bits per heavy atom. The number of halogens is 1. The first kappa shape index (κ1) is 20.4. The lowest BCUT2D eigenvalue weighted by molar-refractivity contribution is -0.113. The van der Waals surface area contributed by atoms with Crippen LogP contribution in [0.3, 0.4) is 0 Å². The van der Waals surface area contributed by atoms with Crippen molar-refractivity contribution in [3.05, 3.63) is 80.7 Å². The van der Waals surface area contributed by atoms with Gasteiger partial charge < -0.3 is 10.3 Å². The summed E-state index contributed by atoms with van der Waals surface area (Å²) in [7, 11) is 0. The molecule has 152 valence electrons. The molecule has 1 amide bonds. The quantitative estimate of drug-likeness (QED) is 0.315. The molecule has 0 fully saturated rings. The second-order valence-corrected chi connectivity index (χ2v) is 8.78. The predicted octanol–water partition coefficient (Wildman–Crippen LogP) is 4.82. The van der Waals surface area contributed by atoms with Gasteiger partial charge >= 0.3 is 0 Å². The molecular formula is C22H19BrN4O2S. The maximum Gasteiger partial charge on any atom is 0.283 e. The lowest BCUT2D eigenvalue weighted by atomic mass is 10.2. The van der Waals surface area contributed by atoms with Gasteiger partial charge in [0.2, 0.25) is 5.91 Å². The van der Waals surface area contributed by atoms with E-state index in [4.69, 9.17) is 0 Å². The molecule has 4 aromatic rings. The molecule has 0 spiro atoms. The summed E-state index contributed by atoms with van der Waals surface area (Å²) in [6, 6.07) is 16.9. The van der Waals surface area contributed by atoms with Gasteiger partial charge in [-0.25, -0.2) is 4.98 Å². The molecule has 0 bridgehead atoms. The molecule has 8 heteroatoms. The number of fused-ring (bicyclic) bond motifs is 1. The molecule has 6 nitrogen and oxygen atoms in total. The molecule has 0 radical (unpaired) electrons. The van der Waals surface area contributed by atoms with E-state index in [0.29, 0.717) is 27.6 Å². The average Bonchev–Trinajstić information content (AvgIpc) is 3.10. The van der Waals surface area contributed by atoms with Gasteiger partial charge in [-0.05, 0) is 56.3 Å². The summed E-state index contributed by atoms with van der Waals surface area (Å²) in [4.78, 5) is 33.4. The first-order valence-corrected chi connectivity index (χ1v) is 11.1. The van der Waals surface area contributed by atoms with Gasteiger partial charge in [0.15, 0.2) is 5.16 Å². The van der Waals surface area contributed by atoms with Crippen LogP contribution in [-0.4, -0.2) is 26.2 Å². The Kier molecular flexibility index (Phi) is 5.78. The summed E-state index contributed by atoms with van der Waals surface area (Å²) in [5.74, 6) is -0.0408. The molecule has 2 N–H and O–H groups in total. The first-order chi connectivity index (χ1) is 14.4. The number of benzene rings is 2. The average molecular weight is 483 g/mol. The van der Waals surface area contributed by atoms with Gasteiger partial charge in [0, 0.05) is 15.9 Å². The van der Waals surface area contributed by atoms with Crippen molar-refractivity contribution in [2.45, 2.75) is 19.0 Å². The van der Waals surface area contributed by atoms with Crippen molar-refractivity contribution in [3.8, 4) is 5.69 Å². The molecule has 0 atom stereocenters. The number of aromatic nitrogens is 3. The van der Waals surface area contributed by atoms with Crippen LogP contribution < -0.4 is 10.9 Å². The molecule has 0 saturated carbocycles. The van der Waals surface area contributed by atoms with Crippen LogP contribution in [0.1, 0.15) is 11.3 Å². The number of anilines is 1. The molecule has 2 aromatic carbocycles. The minimum Gasteiger partial charge on any atom is -0.353 e. The maximum atomic E-state index is 13.2. The van der Waals surface area contributed by atoms with Gasteiger partial charge in [-0.2, -0.15) is 0 Å². The Hall–Kier alpha value is -2.84. The van der Waals surface area contributed by atoms with E-state index in [-0.39, 0.29) is 17.2 Å². The van der Waals surface area contributed by atoms with Gasteiger partial charge in [0.1, 0.15) is 5.52 Å². The number of aromatic amines is 1. The minimum absolute atomic E-state index is 0.128. The van der Waals surface area contributed by atoms with Crippen LogP contribution in [0.5, 0.6) is 0 Å². The van der Waals surface area contributed by atoms with Gasteiger partial charge in [0.05, 0.1) is 17.0 Å². The second kappa shape index (κ2) is 8.49. The van der Waals surface area contributed by atoms with Gasteiger partial charge in [-0.3, -0.25) is 14.2 Å². The molecule has 30 heavy (non-hydrogen) atoms. The molecule has 0 aliphatic heterocycles. The van der Waals surface area contributed by atoms with E-state index in [1.54, 1.807) is 4.57 Å². The van der Waals surface area contributed by atoms with Crippen molar-refractivity contribution in [1.82, 2.24) is 14.5 Å². The van der Waals surface area contributed by atoms with Gasteiger partial charge in [0.25, 0.3) is 5.56 Å². The van der Waals surface area contributed by atoms with E-state index in [1.165, 1.54) is 11.8 Å². The molecule has 2 aromatic heterocycles. The highest BCUT2D eigenvalue weighted by Gasteiger charge is 2.16. The first-order valence-electron chi connectivity index (χ1n) is 9.28. The summed E-state index contributed by atoms with van der Waals surface area (Å²) >= 11 is 4.61. The number of aryl methyl sites for hydroxylation is 2. The van der Waals surface area contributed by atoms with Crippen LogP contribution >= 0.6 is 27.7 Å². The maximum absolute atomic E-state index is 13.2. The number of amides is 1. The Balaban J connectivity index is 1.65. The molecule has 0 saturated heterocycles.